The molecule has 1 aliphatic heterocycles. The third-order valence-corrected chi connectivity index (χ3v) is 3.81. The lowest BCUT2D eigenvalue weighted by Crippen LogP contribution is -2.12. The number of anilines is 1. The molecule has 2 rings (SSSR count). The highest BCUT2D eigenvalue weighted by Crippen LogP contribution is 2.23. The quantitative estimate of drug-likeness (QED) is 0.887. The zero-order valence-electron chi connectivity index (χ0n) is 9.72. The lowest BCUT2D eigenvalue weighted by Gasteiger charge is -2.12. The van der Waals surface area contributed by atoms with Crippen molar-refractivity contribution in [2.45, 2.75) is 19.8 Å². The van der Waals surface area contributed by atoms with Crippen molar-refractivity contribution in [3.8, 4) is 0 Å². The standard InChI is InChI=1S/C13H19BrN2/c1-10-2-3-13(12(14)8-10)16-7-5-11-4-6-15-9-11/h2-3,8,11,15-16H,4-7,9H2,1H3. The number of halogens is 1. The molecule has 1 fully saturated rings. The second-order valence-corrected chi connectivity index (χ2v) is 5.41. The monoisotopic (exact) mass is 282 g/mol. The van der Waals surface area contributed by atoms with Gasteiger partial charge in [-0.25, -0.2) is 0 Å². The summed E-state index contributed by atoms with van der Waals surface area (Å²) in [5.74, 6) is 0.858. The summed E-state index contributed by atoms with van der Waals surface area (Å²) >= 11 is 3.59. The van der Waals surface area contributed by atoms with Crippen molar-refractivity contribution < 1.29 is 0 Å². The normalized spacial score (nSPS) is 20.0. The molecule has 0 aliphatic carbocycles. The molecule has 0 radical (unpaired) electrons. The molecular formula is C13H19BrN2. The highest BCUT2D eigenvalue weighted by Gasteiger charge is 2.13. The van der Waals surface area contributed by atoms with Gasteiger partial charge in [0.1, 0.15) is 0 Å². The summed E-state index contributed by atoms with van der Waals surface area (Å²) in [6.45, 7) is 5.56. The Labute approximate surface area is 106 Å². The Bertz CT molecular complexity index is 346. The van der Waals surface area contributed by atoms with Crippen LogP contribution < -0.4 is 10.6 Å². The molecule has 0 aromatic heterocycles. The predicted octanol–water partition coefficient (Wildman–Crippen LogP) is 3.17. The third-order valence-electron chi connectivity index (χ3n) is 3.15. The molecule has 16 heavy (non-hydrogen) atoms. The van der Waals surface area contributed by atoms with E-state index in [0.29, 0.717) is 0 Å². The first-order valence-electron chi connectivity index (χ1n) is 5.96. The van der Waals surface area contributed by atoms with E-state index in [0.717, 1.165) is 16.9 Å². The third kappa shape index (κ3) is 3.22. The Morgan fingerprint density at radius 2 is 2.38 bits per heavy atom. The number of aryl methyl sites for hydroxylation is 1. The molecular weight excluding hydrogens is 264 g/mol. The molecule has 1 aromatic carbocycles. The molecule has 2 nitrogen and oxygen atoms in total. The topological polar surface area (TPSA) is 24.1 Å². The molecule has 0 amide bonds. The van der Waals surface area contributed by atoms with E-state index in [-0.39, 0.29) is 0 Å². The molecule has 1 atom stereocenters. The predicted molar refractivity (Wildman–Crippen MR) is 73.0 cm³/mol. The van der Waals surface area contributed by atoms with Crippen LogP contribution in [0.4, 0.5) is 5.69 Å². The van der Waals surface area contributed by atoms with E-state index in [1.807, 2.05) is 0 Å². The van der Waals surface area contributed by atoms with Gasteiger partial charge in [-0.2, -0.15) is 0 Å². The minimum absolute atomic E-state index is 0.858. The SMILES string of the molecule is Cc1ccc(NCCC2CCNC2)c(Br)c1. The second kappa shape index (κ2) is 5.69. The van der Waals surface area contributed by atoms with E-state index < -0.39 is 0 Å². The van der Waals surface area contributed by atoms with Gasteiger partial charge >= 0.3 is 0 Å². The first-order valence-corrected chi connectivity index (χ1v) is 6.76. The van der Waals surface area contributed by atoms with E-state index in [1.165, 1.54) is 37.2 Å². The summed E-state index contributed by atoms with van der Waals surface area (Å²) in [5.41, 5.74) is 2.49. The van der Waals surface area contributed by atoms with E-state index in [1.54, 1.807) is 0 Å². The maximum Gasteiger partial charge on any atom is 0.0484 e. The first-order chi connectivity index (χ1) is 7.75. The van der Waals surface area contributed by atoms with Gasteiger partial charge in [0.25, 0.3) is 0 Å². The molecule has 1 aromatic rings. The van der Waals surface area contributed by atoms with Crippen LogP contribution >= 0.6 is 15.9 Å². The Kier molecular flexibility index (Phi) is 4.24. The van der Waals surface area contributed by atoms with Crippen LogP contribution in [-0.4, -0.2) is 19.6 Å². The fraction of sp³-hybridized carbons (Fsp3) is 0.538. The van der Waals surface area contributed by atoms with Crippen molar-refractivity contribution in [2.75, 3.05) is 25.0 Å². The summed E-state index contributed by atoms with van der Waals surface area (Å²) in [6, 6.07) is 6.44. The molecule has 0 saturated carbocycles. The summed E-state index contributed by atoms with van der Waals surface area (Å²) in [7, 11) is 0. The number of hydrogen-bond acceptors (Lipinski definition) is 2. The van der Waals surface area contributed by atoms with Crippen LogP contribution in [0.3, 0.4) is 0 Å². The van der Waals surface area contributed by atoms with Crippen LogP contribution in [0.2, 0.25) is 0 Å². The van der Waals surface area contributed by atoms with Gasteiger partial charge in [-0.1, -0.05) is 6.07 Å². The van der Waals surface area contributed by atoms with Crippen LogP contribution in [0.25, 0.3) is 0 Å². The number of benzene rings is 1. The zero-order chi connectivity index (χ0) is 11.4. The van der Waals surface area contributed by atoms with Gasteiger partial charge in [0.05, 0.1) is 0 Å². The minimum atomic E-state index is 0.858. The van der Waals surface area contributed by atoms with E-state index in [4.69, 9.17) is 0 Å². The van der Waals surface area contributed by atoms with E-state index >= 15 is 0 Å². The zero-order valence-corrected chi connectivity index (χ0v) is 11.3. The van der Waals surface area contributed by atoms with E-state index in [9.17, 15) is 0 Å². The lowest BCUT2D eigenvalue weighted by molar-refractivity contribution is 0.549. The van der Waals surface area contributed by atoms with Crippen molar-refractivity contribution in [1.82, 2.24) is 5.32 Å². The van der Waals surface area contributed by atoms with Gasteiger partial charge in [0.15, 0.2) is 0 Å². The fourth-order valence-corrected chi connectivity index (χ4v) is 2.77. The molecule has 1 aliphatic rings. The summed E-state index contributed by atoms with van der Waals surface area (Å²) in [5, 5.41) is 6.90. The van der Waals surface area contributed by atoms with Gasteiger partial charge in [0, 0.05) is 16.7 Å². The van der Waals surface area contributed by atoms with Crippen molar-refractivity contribution in [1.29, 1.82) is 0 Å². The first kappa shape index (κ1) is 11.9. The Morgan fingerprint density at radius 3 is 3.06 bits per heavy atom. The molecule has 0 bridgehead atoms. The van der Waals surface area contributed by atoms with Crippen molar-refractivity contribution in [2.24, 2.45) is 5.92 Å². The number of hydrogen-bond donors (Lipinski definition) is 2. The Hall–Kier alpha value is -0.540. The van der Waals surface area contributed by atoms with Crippen molar-refractivity contribution in [3.63, 3.8) is 0 Å². The Balaban J connectivity index is 1.80. The molecule has 1 heterocycles. The van der Waals surface area contributed by atoms with Crippen LogP contribution in [-0.2, 0) is 0 Å². The Morgan fingerprint density at radius 1 is 1.50 bits per heavy atom. The maximum atomic E-state index is 3.59. The fourth-order valence-electron chi connectivity index (χ4n) is 2.14. The van der Waals surface area contributed by atoms with Gasteiger partial charge in [0.2, 0.25) is 0 Å². The summed E-state index contributed by atoms with van der Waals surface area (Å²) in [4.78, 5) is 0. The molecule has 88 valence electrons. The molecule has 2 N–H and O–H groups in total. The summed E-state index contributed by atoms with van der Waals surface area (Å²) in [6.07, 6.45) is 2.59. The van der Waals surface area contributed by atoms with Crippen molar-refractivity contribution >= 4 is 21.6 Å². The second-order valence-electron chi connectivity index (χ2n) is 4.56. The summed E-state index contributed by atoms with van der Waals surface area (Å²) < 4.78 is 1.16. The van der Waals surface area contributed by atoms with Crippen LogP contribution in [0.15, 0.2) is 22.7 Å². The average Bonchev–Trinajstić information content (AvgIpc) is 2.74. The maximum absolute atomic E-state index is 3.59. The molecule has 1 saturated heterocycles. The lowest BCUT2D eigenvalue weighted by atomic mass is 10.1. The van der Waals surface area contributed by atoms with Gasteiger partial charge < -0.3 is 10.6 Å². The smallest absolute Gasteiger partial charge is 0.0484 e. The van der Waals surface area contributed by atoms with Gasteiger partial charge in [-0.05, 0) is 72.4 Å². The van der Waals surface area contributed by atoms with Gasteiger partial charge in [-0.3, -0.25) is 0 Å². The molecule has 1 unspecified atom stereocenters. The van der Waals surface area contributed by atoms with Crippen LogP contribution in [0, 0.1) is 12.8 Å². The number of nitrogens with one attached hydrogen (secondary N) is 2. The van der Waals surface area contributed by atoms with Crippen molar-refractivity contribution in [3.05, 3.63) is 28.2 Å². The molecule has 3 heteroatoms. The minimum Gasteiger partial charge on any atom is -0.384 e. The highest BCUT2D eigenvalue weighted by molar-refractivity contribution is 9.10. The highest BCUT2D eigenvalue weighted by atomic mass is 79.9. The average molecular weight is 283 g/mol. The van der Waals surface area contributed by atoms with Gasteiger partial charge in [-0.15, -0.1) is 0 Å². The van der Waals surface area contributed by atoms with Crippen LogP contribution in [0.1, 0.15) is 18.4 Å². The largest absolute Gasteiger partial charge is 0.384 e. The molecule has 0 spiro atoms. The van der Waals surface area contributed by atoms with E-state index in [2.05, 4.69) is 51.7 Å². The number of rotatable bonds is 4. The van der Waals surface area contributed by atoms with Crippen LogP contribution in [0.5, 0.6) is 0 Å².